The highest BCUT2D eigenvalue weighted by Gasteiger charge is 2.44. The Morgan fingerprint density at radius 1 is 1.70 bits per heavy atom. The van der Waals surface area contributed by atoms with E-state index in [1.54, 1.807) is 3.93 Å². The van der Waals surface area contributed by atoms with Crippen molar-refractivity contribution >= 4 is 38.0 Å². The first-order chi connectivity index (χ1) is 4.57. The maximum absolute atomic E-state index is 10.6. The largest absolute Gasteiger partial charge is 0.479 e. The average molecular weight is 273 g/mol. The van der Waals surface area contributed by atoms with E-state index in [0.29, 0.717) is 6.42 Å². The number of carboxylic acid groups (broad SMARTS) is 1. The zero-order valence-electron chi connectivity index (χ0n) is 5.18. The van der Waals surface area contributed by atoms with Crippen LogP contribution in [0.1, 0.15) is 12.8 Å². The van der Waals surface area contributed by atoms with Gasteiger partial charge in [0.05, 0.1) is 0 Å². The van der Waals surface area contributed by atoms with Crippen LogP contribution in [-0.2, 0) is 4.79 Å². The van der Waals surface area contributed by atoms with Crippen LogP contribution in [0.5, 0.6) is 0 Å². The Kier molecular flexibility index (Phi) is 2.37. The van der Waals surface area contributed by atoms with Crippen molar-refractivity contribution in [2.45, 2.75) is 17.3 Å². The molecule has 0 aromatic rings. The van der Waals surface area contributed by atoms with Crippen LogP contribution in [0.25, 0.3) is 0 Å². The van der Waals surface area contributed by atoms with Crippen molar-refractivity contribution in [1.29, 1.82) is 0 Å². The molecule has 0 amide bonds. The fourth-order valence-corrected chi connectivity index (χ4v) is 2.00. The number of nitrogens with zero attached hydrogens (tertiary/aromatic N) is 1. The molecule has 0 bridgehead atoms. The Balaban J connectivity index is 2.75. The van der Waals surface area contributed by atoms with Gasteiger partial charge in [-0.3, -0.25) is 0 Å². The molecule has 3 nitrogen and oxygen atoms in total. The molecule has 5 heteroatoms. The normalized spacial score (nSPS) is 34.6. The number of hydrogen-bond acceptors (Lipinski definition) is 2. The molecule has 0 aliphatic carbocycles. The molecule has 1 unspecified atom stereocenters. The second-order valence-electron chi connectivity index (χ2n) is 2.25. The number of carbonyl (C=O) groups is 1. The molecular weight excluding hydrogens is 266 g/mol. The van der Waals surface area contributed by atoms with Gasteiger partial charge in [-0.15, -0.1) is 0 Å². The molecule has 1 saturated heterocycles. The summed E-state index contributed by atoms with van der Waals surface area (Å²) in [5.41, 5.74) is 0. The Labute approximate surface area is 75.9 Å². The molecule has 0 spiro atoms. The molecule has 1 N–H and O–H groups in total. The summed E-state index contributed by atoms with van der Waals surface area (Å²) in [6.07, 6.45) is 1.55. The van der Waals surface area contributed by atoms with E-state index in [2.05, 4.69) is 32.1 Å². The van der Waals surface area contributed by atoms with Gasteiger partial charge in [-0.2, -0.15) is 0 Å². The summed E-state index contributed by atoms with van der Waals surface area (Å²) >= 11 is 6.32. The van der Waals surface area contributed by atoms with Gasteiger partial charge in [-0.05, 0) is 12.8 Å². The number of halogens is 2. The monoisotopic (exact) mass is 271 g/mol. The van der Waals surface area contributed by atoms with E-state index in [1.165, 1.54) is 0 Å². The number of rotatable bonds is 1. The molecule has 1 aliphatic heterocycles. The Morgan fingerprint density at radius 3 is 2.50 bits per heavy atom. The molecule has 0 saturated carbocycles. The van der Waals surface area contributed by atoms with E-state index in [-0.39, 0.29) is 0 Å². The smallest absolute Gasteiger partial charge is 0.336 e. The lowest BCUT2D eigenvalue weighted by atomic mass is 10.2. The topological polar surface area (TPSA) is 40.5 Å². The molecule has 58 valence electrons. The molecule has 1 heterocycles. The molecule has 1 fully saturated rings. The fraction of sp³-hybridized carbons (Fsp3) is 0.800. The maximum atomic E-state index is 10.6. The highest BCUT2D eigenvalue weighted by atomic mass is 79.9. The van der Waals surface area contributed by atoms with Gasteiger partial charge >= 0.3 is 5.97 Å². The molecule has 1 aliphatic rings. The van der Waals surface area contributed by atoms with Gasteiger partial charge in [-0.1, -0.05) is 15.9 Å². The van der Waals surface area contributed by atoms with Gasteiger partial charge < -0.3 is 5.11 Å². The number of aliphatic carboxylic acids is 1. The van der Waals surface area contributed by atoms with E-state index in [1.807, 2.05) is 0 Å². The first-order valence-corrected chi connectivity index (χ1v) is 4.43. The SMILES string of the molecule is O=C(O)C1(Br)CCCN1Br. The van der Waals surface area contributed by atoms with Crippen LogP contribution in [-0.4, -0.2) is 26.0 Å². The van der Waals surface area contributed by atoms with E-state index < -0.39 is 10.4 Å². The lowest BCUT2D eigenvalue weighted by Gasteiger charge is -2.22. The molecular formula is C5H7Br2NO2. The lowest BCUT2D eigenvalue weighted by Crippen LogP contribution is -2.39. The van der Waals surface area contributed by atoms with Gasteiger partial charge in [0, 0.05) is 22.7 Å². The van der Waals surface area contributed by atoms with Gasteiger partial charge in [-0.25, -0.2) is 8.72 Å². The van der Waals surface area contributed by atoms with Gasteiger partial charge in [0.15, 0.2) is 4.45 Å². The average Bonchev–Trinajstić information content (AvgIpc) is 2.15. The highest BCUT2D eigenvalue weighted by molar-refractivity contribution is 9.11. The second kappa shape index (κ2) is 2.79. The summed E-state index contributed by atoms with van der Waals surface area (Å²) in [6, 6.07) is 0. The van der Waals surface area contributed by atoms with Crippen molar-refractivity contribution in [2.75, 3.05) is 6.54 Å². The standard InChI is InChI=1S/C5H7Br2NO2/c6-5(4(9)10)2-1-3-8(5)7/h1-3H2,(H,9,10). The summed E-state index contributed by atoms with van der Waals surface area (Å²) in [4.78, 5) is 10.6. The number of hydrogen-bond donors (Lipinski definition) is 1. The maximum Gasteiger partial charge on any atom is 0.336 e. The van der Waals surface area contributed by atoms with Crippen LogP contribution >= 0.6 is 32.1 Å². The quantitative estimate of drug-likeness (QED) is 0.448. The van der Waals surface area contributed by atoms with Crippen molar-refractivity contribution in [1.82, 2.24) is 3.93 Å². The molecule has 0 radical (unpaired) electrons. The minimum Gasteiger partial charge on any atom is -0.479 e. The fourth-order valence-electron chi connectivity index (χ4n) is 0.961. The zero-order chi connectivity index (χ0) is 7.78. The molecule has 1 atom stereocenters. The van der Waals surface area contributed by atoms with Crippen LogP contribution in [0.2, 0.25) is 0 Å². The van der Waals surface area contributed by atoms with Crippen LogP contribution in [0.4, 0.5) is 0 Å². The van der Waals surface area contributed by atoms with Crippen molar-refractivity contribution in [3.63, 3.8) is 0 Å². The third kappa shape index (κ3) is 1.22. The van der Waals surface area contributed by atoms with Crippen molar-refractivity contribution < 1.29 is 9.90 Å². The van der Waals surface area contributed by atoms with Crippen LogP contribution in [0, 0.1) is 0 Å². The van der Waals surface area contributed by atoms with E-state index in [9.17, 15) is 4.79 Å². The predicted octanol–water partition coefficient (Wildman–Crippen LogP) is 1.57. The number of carboxylic acids is 1. The van der Waals surface area contributed by atoms with Crippen molar-refractivity contribution in [3.8, 4) is 0 Å². The minimum atomic E-state index is -0.868. The summed E-state index contributed by atoms with van der Waals surface area (Å²) in [5, 5.41) is 8.72. The lowest BCUT2D eigenvalue weighted by molar-refractivity contribution is -0.141. The first-order valence-electron chi connectivity index (χ1n) is 2.93. The summed E-state index contributed by atoms with van der Waals surface area (Å²) < 4.78 is 0.759. The van der Waals surface area contributed by atoms with Crippen LogP contribution in [0.15, 0.2) is 0 Å². The van der Waals surface area contributed by atoms with Crippen molar-refractivity contribution in [3.05, 3.63) is 0 Å². The number of alkyl halides is 1. The molecule has 10 heavy (non-hydrogen) atoms. The zero-order valence-corrected chi connectivity index (χ0v) is 8.35. The third-order valence-electron chi connectivity index (χ3n) is 1.57. The summed E-state index contributed by atoms with van der Waals surface area (Å²) in [6.45, 7) is 0.775. The van der Waals surface area contributed by atoms with Gasteiger partial charge in [0.1, 0.15) is 0 Å². The first kappa shape index (κ1) is 8.49. The van der Waals surface area contributed by atoms with E-state index >= 15 is 0 Å². The molecule has 0 aromatic heterocycles. The highest BCUT2D eigenvalue weighted by Crippen LogP contribution is 2.37. The van der Waals surface area contributed by atoms with Crippen LogP contribution in [0.3, 0.4) is 0 Å². The Bertz CT molecular complexity index is 164. The van der Waals surface area contributed by atoms with Crippen LogP contribution < -0.4 is 0 Å². The summed E-state index contributed by atoms with van der Waals surface area (Å²) in [5.74, 6) is -0.832. The molecule has 1 rings (SSSR count). The summed E-state index contributed by atoms with van der Waals surface area (Å²) in [7, 11) is 0. The van der Waals surface area contributed by atoms with E-state index in [4.69, 9.17) is 5.11 Å². The van der Waals surface area contributed by atoms with E-state index in [0.717, 1.165) is 13.0 Å². The molecule has 0 aromatic carbocycles. The van der Waals surface area contributed by atoms with Crippen molar-refractivity contribution in [2.24, 2.45) is 0 Å². The Hall–Kier alpha value is 0.390. The Morgan fingerprint density at radius 2 is 2.30 bits per heavy atom. The predicted molar refractivity (Wildman–Crippen MR) is 44.2 cm³/mol. The third-order valence-corrected chi connectivity index (χ3v) is 4.17. The second-order valence-corrected chi connectivity index (χ2v) is 4.42. The van der Waals surface area contributed by atoms with Gasteiger partial charge in [0.25, 0.3) is 0 Å². The van der Waals surface area contributed by atoms with Gasteiger partial charge in [0.2, 0.25) is 0 Å². The minimum absolute atomic E-state index is 0.646.